The van der Waals surface area contributed by atoms with Crippen molar-refractivity contribution in [3.63, 3.8) is 0 Å². The van der Waals surface area contributed by atoms with Crippen LogP contribution in [-0.4, -0.2) is 48.2 Å². The van der Waals surface area contributed by atoms with Gasteiger partial charge < -0.3 is 20.5 Å². The topological polar surface area (TPSA) is 79.0 Å². The van der Waals surface area contributed by atoms with E-state index >= 15 is 0 Å². The lowest BCUT2D eigenvalue weighted by atomic mass is 9.88. The van der Waals surface area contributed by atoms with Crippen LogP contribution in [-0.2, 0) is 17.6 Å². The third-order valence-electron chi connectivity index (χ3n) is 7.58. The molecule has 3 aromatic rings. The summed E-state index contributed by atoms with van der Waals surface area (Å²) in [5, 5.41) is 10.0. The molecule has 0 aliphatic carbocycles. The second kappa shape index (κ2) is 11.2. The predicted molar refractivity (Wildman–Crippen MR) is 142 cm³/mol. The standard InChI is InChI=1S/C30H34FN3O3/c31-23-6-8-24(9-7-23)34-16-14-22-20-25(35)10-13-27(22)29(34)19-21-4-11-26(12-5-21)37-18-17-33-15-2-1-3-28(33)30(32)36/h4-13,20,28-29,35H,1-3,14-19H2,(H2,32,36). The molecule has 2 aliphatic rings. The van der Waals surface area contributed by atoms with Gasteiger partial charge in [-0.05, 0) is 97.4 Å². The Morgan fingerprint density at radius 3 is 2.57 bits per heavy atom. The maximum Gasteiger partial charge on any atom is 0.234 e. The Morgan fingerprint density at radius 1 is 1.03 bits per heavy atom. The van der Waals surface area contributed by atoms with Crippen molar-refractivity contribution in [2.75, 3.05) is 31.1 Å². The Morgan fingerprint density at radius 2 is 1.81 bits per heavy atom. The highest BCUT2D eigenvalue weighted by Gasteiger charge is 2.29. The van der Waals surface area contributed by atoms with Gasteiger partial charge >= 0.3 is 0 Å². The van der Waals surface area contributed by atoms with Gasteiger partial charge in [-0.15, -0.1) is 0 Å². The van der Waals surface area contributed by atoms with Crippen LogP contribution >= 0.6 is 0 Å². The molecule has 5 rings (SSSR count). The van der Waals surface area contributed by atoms with E-state index in [1.165, 1.54) is 17.7 Å². The molecule has 0 radical (unpaired) electrons. The van der Waals surface area contributed by atoms with E-state index in [1.807, 2.05) is 36.4 Å². The molecule has 37 heavy (non-hydrogen) atoms. The first-order valence-electron chi connectivity index (χ1n) is 13.1. The summed E-state index contributed by atoms with van der Waals surface area (Å²) in [6.45, 7) is 2.84. The number of fused-ring (bicyclic) bond motifs is 1. The molecule has 1 saturated heterocycles. The quantitative estimate of drug-likeness (QED) is 0.470. The smallest absolute Gasteiger partial charge is 0.234 e. The first-order valence-corrected chi connectivity index (χ1v) is 13.1. The monoisotopic (exact) mass is 503 g/mol. The van der Waals surface area contributed by atoms with Crippen molar-refractivity contribution in [2.24, 2.45) is 5.73 Å². The van der Waals surface area contributed by atoms with Crippen LogP contribution in [0, 0.1) is 5.82 Å². The van der Waals surface area contributed by atoms with Crippen LogP contribution in [0.2, 0.25) is 0 Å². The van der Waals surface area contributed by atoms with E-state index in [1.54, 1.807) is 6.07 Å². The van der Waals surface area contributed by atoms with Crippen LogP contribution < -0.4 is 15.4 Å². The van der Waals surface area contributed by atoms with Crippen molar-refractivity contribution < 1.29 is 19.0 Å². The zero-order valence-electron chi connectivity index (χ0n) is 21.0. The van der Waals surface area contributed by atoms with Crippen molar-refractivity contribution >= 4 is 11.6 Å². The van der Waals surface area contributed by atoms with Crippen molar-refractivity contribution in [2.45, 2.75) is 44.2 Å². The third kappa shape index (κ3) is 5.88. The number of hydrogen-bond donors (Lipinski definition) is 2. The highest BCUT2D eigenvalue weighted by atomic mass is 19.1. The van der Waals surface area contributed by atoms with Gasteiger partial charge in [-0.3, -0.25) is 9.69 Å². The van der Waals surface area contributed by atoms with Gasteiger partial charge in [0.25, 0.3) is 0 Å². The average Bonchev–Trinajstić information content (AvgIpc) is 2.90. The summed E-state index contributed by atoms with van der Waals surface area (Å²) in [7, 11) is 0. The Hall–Kier alpha value is -3.58. The molecule has 6 nitrogen and oxygen atoms in total. The highest BCUT2D eigenvalue weighted by molar-refractivity contribution is 5.79. The Labute approximate surface area is 217 Å². The minimum absolute atomic E-state index is 0.0615. The fraction of sp³-hybridized carbons (Fsp3) is 0.367. The number of phenolic OH excluding ortho intramolecular Hbond substituents is 1. The highest BCUT2D eigenvalue weighted by Crippen LogP contribution is 2.37. The summed E-state index contributed by atoms with van der Waals surface area (Å²) < 4.78 is 19.6. The molecule has 2 heterocycles. The average molecular weight is 504 g/mol. The number of hydrogen-bond acceptors (Lipinski definition) is 5. The van der Waals surface area contributed by atoms with Crippen LogP contribution in [0.25, 0.3) is 0 Å². The SMILES string of the molecule is NC(=O)C1CCCCN1CCOc1ccc(CC2c3ccc(O)cc3CCN2c2ccc(F)cc2)cc1. The maximum absolute atomic E-state index is 13.6. The lowest BCUT2D eigenvalue weighted by Gasteiger charge is -2.39. The van der Waals surface area contributed by atoms with Crippen LogP contribution in [0.1, 0.15) is 42.0 Å². The molecule has 2 unspecified atom stereocenters. The largest absolute Gasteiger partial charge is 0.508 e. The summed E-state index contributed by atoms with van der Waals surface area (Å²) in [4.78, 5) is 16.2. The lowest BCUT2D eigenvalue weighted by Crippen LogP contribution is -2.48. The maximum atomic E-state index is 13.6. The van der Waals surface area contributed by atoms with Crippen LogP contribution in [0.5, 0.6) is 11.5 Å². The number of benzene rings is 3. The first-order chi connectivity index (χ1) is 18.0. The molecule has 0 spiro atoms. The zero-order valence-corrected chi connectivity index (χ0v) is 21.0. The number of halogens is 1. The number of piperidine rings is 1. The number of carbonyl (C=O) groups excluding carboxylic acids is 1. The number of phenols is 1. The van der Waals surface area contributed by atoms with Gasteiger partial charge in [0.15, 0.2) is 0 Å². The van der Waals surface area contributed by atoms with E-state index in [4.69, 9.17) is 10.5 Å². The summed E-state index contributed by atoms with van der Waals surface area (Å²) in [6.07, 6.45) is 4.53. The van der Waals surface area contributed by atoms with Gasteiger partial charge in [-0.2, -0.15) is 0 Å². The third-order valence-corrected chi connectivity index (χ3v) is 7.58. The molecular formula is C30H34FN3O3. The molecule has 0 aromatic heterocycles. The number of carbonyl (C=O) groups is 1. The first kappa shape index (κ1) is 25.1. The van der Waals surface area contributed by atoms with E-state index < -0.39 is 0 Å². The molecule has 7 heteroatoms. The fourth-order valence-corrected chi connectivity index (χ4v) is 5.67. The molecule has 2 atom stereocenters. The van der Waals surface area contributed by atoms with Gasteiger partial charge in [-0.1, -0.05) is 24.6 Å². The number of aromatic hydroxyl groups is 1. The van der Waals surface area contributed by atoms with E-state index in [0.29, 0.717) is 13.2 Å². The van der Waals surface area contributed by atoms with Crippen molar-refractivity contribution in [3.05, 3.63) is 89.2 Å². The number of anilines is 1. The lowest BCUT2D eigenvalue weighted by molar-refractivity contribution is -0.124. The van der Waals surface area contributed by atoms with Crippen molar-refractivity contribution in [1.29, 1.82) is 0 Å². The van der Waals surface area contributed by atoms with Gasteiger partial charge in [0.2, 0.25) is 5.91 Å². The van der Waals surface area contributed by atoms with Crippen LogP contribution in [0.3, 0.4) is 0 Å². The number of primary amides is 1. The molecule has 3 aromatic carbocycles. The summed E-state index contributed by atoms with van der Waals surface area (Å²) >= 11 is 0. The number of rotatable bonds is 8. The predicted octanol–water partition coefficient (Wildman–Crippen LogP) is 4.60. The molecule has 0 bridgehead atoms. The van der Waals surface area contributed by atoms with Gasteiger partial charge in [0.05, 0.1) is 12.1 Å². The van der Waals surface area contributed by atoms with Gasteiger partial charge in [-0.25, -0.2) is 4.39 Å². The number of likely N-dealkylation sites (tertiary alicyclic amines) is 1. The Bertz CT molecular complexity index is 1220. The number of amides is 1. The Kier molecular flexibility index (Phi) is 7.60. The van der Waals surface area contributed by atoms with E-state index in [0.717, 1.165) is 67.8 Å². The molecule has 2 aliphatic heterocycles. The second-order valence-electron chi connectivity index (χ2n) is 9.97. The molecule has 1 fully saturated rings. The fourth-order valence-electron chi connectivity index (χ4n) is 5.67. The minimum atomic E-state index is -0.252. The zero-order chi connectivity index (χ0) is 25.8. The van der Waals surface area contributed by atoms with Crippen molar-refractivity contribution in [3.8, 4) is 11.5 Å². The van der Waals surface area contributed by atoms with Crippen molar-refractivity contribution in [1.82, 2.24) is 4.90 Å². The molecule has 194 valence electrons. The number of ether oxygens (including phenoxy) is 1. The second-order valence-corrected chi connectivity index (χ2v) is 9.97. The van der Waals surface area contributed by atoms with Crippen LogP contribution in [0.15, 0.2) is 66.7 Å². The summed E-state index contributed by atoms with van der Waals surface area (Å²) in [5.41, 5.74) is 10.0. The summed E-state index contributed by atoms with van der Waals surface area (Å²) in [5.74, 6) is 0.573. The van der Waals surface area contributed by atoms with Crippen LogP contribution in [0.4, 0.5) is 10.1 Å². The van der Waals surface area contributed by atoms with Gasteiger partial charge in [0.1, 0.15) is 23.9 Å². The van der Waals surface area contributed by atoms with E-state index in [2.05, 4.69) is 21.9 Å². The molecule has 0 saturated carbocycles. The summed E-state index contributed by atoms with van der Waals surface area (Å²) in [6, 6.07) is 20.3. The molecule has 3 N–H and O–H groups in total. The van der Waals surface area contributed by atoms with E-state index in [-0.39, 0.29) is 29.6 Å². The number of nitrogens with zero attached hydrogens (tertiary/aromatic N) is 2. The minimum Gasteiger partial charge on any atom is -0.508 e. The number of nitrogens with two attached hydrogens (primary N) is 1. The normalized spacial score (nSPS) is 19.9. The van der Waals surface area contributed by atoms with Gasteiger partial charge in [0, 0.05) is 18.8 Å². The Balaban J connectivity index is 1.27. The van der Waals surface area contributed by atoms with E-state index in [9.17, 15) is 14.3 Å². The molecular weight excluding hydrogens is 469 g/mol. The molecule has 1 amide bonds.